The Labute approximate surface area is 126 Å². The van der Waals surface area contributed by atoms with Gasteiger partial charge in [0.2, 0.25) is 0 Å². The normalized spacial score (nSPS) is 11.2. The fourth-order valence-electron chi connectivity index (χ4n) is 2.22. The third-order valence-electron chi connectivity index (χ3n) is 3.19. The highest BCUT2D eigenvalue weighted by Gasteiger charge is 2.11. The van der Waals surface area contributed by atoms with E-state index >= 15 is 0 Å². The van der Waals surface area contributed by atoms with E-state index in [0.29, 0.717) is 6.04 Å². The highest BCUT2D eigenvalue weighted by atomic mass is 35.5. The van der Waals surface area contributed by atoms with E-state index in [2.05, 4.69) is 41.7 Å². The minimum absolute atomic E-state index is 0.442. The zero-order valence-corrected chi connectivity index (χ0v) is 13.1. The SMILES string of the molecule is CCCn1ccnc1-c1ccc(Cl)cc1CNC(C)C. The van der Waals surface area contributed by atoms with Crippen molar-refractivity contribution in [1.29, 1.82) is 0 Å². The Morgan fingerprint density at radius 2 is 2.15 bits per heavy atom. The molecule has 108 valence electrons. The molecule has 0 aliphatic heterocycles. The van der Waals surface area contributed by atoms with Crippen molar-refractivity contribution in [2.75, 3.05) is 0 Å². The molecule has 0 aliphatic rings. The largest absolute Gasteiger partial charge is 0.331 e. The number of rotatable bonds is 6. The van der Waals surface area contributed by atoms with Gasteiger partial charge in [-0.05, 0) is 30.2 Å². The fraction of sp³-hybridized carbons (Fsp3) is 0.438. The molecule has 1 N–H and O–H groups in total. The summed E-state index contributed by atoms with van der Waals surface area (Å²) in [5.74, 6) is 1.02. The zero-order chi connectivity index (χ0) is 14.5. The lowest BCUT2D eigenvalue weighted by molar-refractivity contribution is 0.589. The molecule has 3 nitrogen and oxygen atoms in total. The summed E-state index contributed by atoms with van der Waals surface area (Å²) < 4.78 is 2.20. The average molecular weight is 292 g/mol. The molecule has 0 saturated heterocycles. The maximum atomic E-state index is 6.14. The van der Waals surface area contributed by atoms with Gasteiger partial charge in [-0.25, -0.2) is 4.98 Å². The van der Waals surface area contributed by atoms with Gasteiger partial charge < -0.3 is 9.88 Å². The van der Waals surface area contributed by atoms with Crippen LogP contribution >= 0.6 is 11.6 Å². The van der Waals surface area contributed by atoms with Gasteiger partial charge >= 0.3 is 0 Å². The van der Waals surface area contributed by atoms with E-state index in [9.17, 15) is 0 Å². The Morgan fingerprint density at radius 1 is 1.35 bits per heavy atom. The number of nitrogens with one attached hydrogen (secondary N) is 1. The maximum Gasteiger partial charge on any atom is 0.140 e. The Hall–Kier alpha value is -1.32. The lowest BCUT2D eigenvalue weighted by Crippen LogP contribution is -2.22. The molecule has 2 aromatic rings. The average Bonchev–Trinajstić information content (AvgIpc) is 2.85. The molecule has 2 rings (SSSR count). The molecule has 1 aromatic heterocycles. The van der Waals surface area contributed by atoms with Gasteiger partial charge in [-0.1, -0.05) is 32.4 Å². The molecular weight excluding hydrogens is 270 g/mol. The number of imidazole rings is 1. The summed E-state index contributed by atoms with van der Waals surface area (Å²) >= 11 is 6.14. The Balaban J connectivity index is 2.36. The van der Waals surface area contributed by atoms with Crippen LogP contribution in [0.4, 0.5) is 0 Å². The van der Waals surface area contributed by atoms with Gasteiger partial charge in [0.05, 0.1) is 0 Å². The van der Waals surface area contributed by atoms with Gasteiger partial charge in [0.25, 0.3) is 0 Å². The molecule has 0 radical (unpaired) electrons. The number of benzene rings is 1. The van der Waals surface area contributed by atoms with Crippen LogP contribution < -0.4 is 5.32 Å². The number of hydrogen-bond donors (Lipinski definition) is 1. The molecule has 0 spiro atoms. The Kier molecular flexibility index (Phi) is 5.21. The van der Waals surface area contributed by atoms with Crippen molar-refractivity contribution in [3.8, 4) is 11.4 Å². The summed E-state index contributed by atoms with van der Waals surface area (Å²) in [6.45, 7) is 8.24. The van der Waals surface area contributed by atoms with Gasteiger partial charge in [0.15, 0.2) is 0 Å². The minimum atomic E-state index is 0.442. The van der Waals surface area contributed by atoms with Gasteiger partial charge in [-0.3, -0.25) is 0 Å². The molecule has 0 fully saturated rings. The first kappa shape index (κ1) is 15.1. The second-order valence-corrected chi connectivity index (χ2v) is 5.72. The number of aromatic nitrogens is 2. The second-order valence-electron chi connectivity index (χ2n) is 5.28. The van der Waals surface area contributed by atoms with E-state index < -0.39 is 0 Å². The first-order chi connectivity index (χ1) is 9.61. The van der Waals surface area contributed by atoms with Crippen LogP contribution in [0.15, 0.2) is 30.6 Å². The van der Waals surface area contributed by atoms with Crippen LogP contribution in [0.25, 0.3) is 11.4 Å². The number of nitrogens with zero attached hydrogens (tertiary/aromatic N) is 2. The summed E-state index contributed by atoms with van der Waals surface area (Å²) in [7, 11) is 0. The van der Waals surface area contributed by atoms with Crippen LogP contribution in [0.3, 0.4) is 0 Å². The molecule has 1 aromatic carbocycles. The molecule has 0 saturated carbocycles. The third-order valence-corrected chi connectivity index (χ3v) is 3.42. The van der Waals surface area contributed by atoms with Crippen molar-refractivity contribution in [1.82, 2.24) is 14.9 Å². The van der Waals surface area contributed by atoms with Crippen molar-refractivity contribution in [3.05, 3.63) is 41.2 Å². The predicted octanol–water partition coefficient (Wildman–Crippen LogP) is 4.11. The van der Waals surface area contributed by atoms with Gasteiger partial charge in [-0.2, -0.15) is 0 Å². The topological polar surface area (TPSA) is 29.9 Å². The summed E-state index contributed by atoms with van der Waals surface area (Å²) in [6, 6.07) is 6.46. The highest BCUT2D eigenvalue weighted by molar-refractivity contribution is 6.30. The van der Waals surface area contributed by atoms with E-state index in [-0.39, 0.29) is 0 Å². The van der Waals surface area contributed by atoms with Crippen molar-refractivity contribution in [3.63, 3.8) is 0 Å². The van der Waals surface area contributed by atoms with E-state index in [1.807, 2.05) is 24.5 Å². The molecule has 4 heteroatoms. The molecule has 0 bridgehead atoms. The fourth-order valence-corrected chi connectivity index (χ4v) is 2.41. The highest BCUT2D eigenvalue weighted by Crippen LogP contribution is 2.25. The molecule has 0 unspecified atom stereocenters. The van der Waals surface area contributed by atoms with Crippen molar-refractivity contribution < 1.29 is 0 Å². The maximum absolute atomic E-state index is 6.14. The smallest absolute Gasteiger partial charge is 0.140 e. The Bertz CT molecular complexity index is 561. The van der Waals surface area contributed by atoms with Crippen LogP contribution in [-0.4, -0.2) is 15.6 Å². The van der Waals surface area contributed by atoms with Crippen LogP contribution in [0, 0.1) is 0 Å². The van der Waals surface area contributed by atoms with Crippen molar-refractivity contribution in [2.45, 2.75) is 46.3 Å². The van der Waals surface area contributed by atoms with Gasteiger partial charge in [0.1, 0.15) is 5.82 Å². The van der Waals surface area contributed by atoms with Crippen LogP contribution in [-0.2, 0) is 13.1 Å². The number of hydrogen-bond acceptors (Lipinski definition) is 2. The van der Waals surface area contributed by atoms with Crippen LogP contribution in [0.5, 0.6) is 0 Å². The van der Waals surface area contributed by atoms with E-state index in [4.69, 9.17) is 11.6 Å². The first-order valence-corrected chi connectivity index (χ1v) is 7.53. The lowest BCUT2D eigenvalue weighted by Gasteiger charge is -2.14. The zero-order valence-electron chi connectivity index (χ0n) is 12.4. The molecule has 0 atom stereocenters. The standard InChI is InChI=1S/C16H22ClN3/c1-4-8-20-9-7-18-16(20)15-6-5-14(17)10-13(15)11-19-12(2)3/h5-7,9-10,12,19H,4,8,11H2,1-3H3. The summed E-state index contributed by atoms with van der Waals surface area (Å²) in [6.07, 6.45) is 4.99. The lowest BCUT2D eigenvalue weighted by atomic mass is 10.1. The van der Waals surface area contributed by atoms with Crippen LogP contribution in [0.1, 0.15) is 32.8 Å². The minimum Gasteiger partial charge on any atom is -0.331 e. The summed E-state index contributed by atoms with van der Waals surface area (Å²) in [4.78, 5) is 4.51. The van der Waals surface area contributed by atoms with Crippen molar-refractivity contribution in [2.24, 2.45) is 0 Å². The number of halogens is 1. The van der Waals surface area contributed by atoms with Gasteiger partial charge in [0, 0.05) is 42.1 Å². The van der Waals surface area contributed by atoms with E-state index in [1.165, 1.54) is 5.56 Å². The third kappa shape index (κ3) is 3.62. The molecule has 0 amide bonds. The summed E-state index contributed by atoms with van der Waals surface area (Å²) in [5, 5.41) is 4.21. The van der Waals surface area contributed by atoms with E-state index in [0.717, 1.165) is 35.9 Å². The summed E-state index contributed by atoms with van der Waals surface area (Å²) in [5.41, 5.74) is 2.34. The predicted molar refractivity (Wildman–Crippen MR) is 84.9 cm³/mol. The first-order valence-electron chi connectivity index (χ1n) is 7.15. The van der Waals surface area contributed by atoms with Gasteiger partial charge in [-0.15, -0.1) is 0 Å². The monoisotopic (exact) mass is 291 g/mol. The molecule has 20 heavy (non-hydrogen) atoms. The number of aryl methyl sites for hydroxylation is 1. The quantitative estimate of drug-likeness (QED) is 0.868. The van der Waals surface area contributed by atoms with Crippen molar-refractivity contribution >= 4 is 11.6 Å². The molecule has 1 heterocycles. The molecule has 0 aliphatic carbocycles. The second kappa shape index (κ2) is 6.91. The molecular formula is C16H22ClN3. The van der Waals surface area contributed by atoms with E-state index in [1.54, 1.807) is 0 Å². The van der Waals surface area contributed by atoms with Crippen LogP contribution in [0.2, 0.25) is 5.02 Å². The Morgan fingerprint density at radius 3 is 2.85 bits per heavy atom.